The average molecular weight is 215 g/mol. The van der Waals surface area contributed by atoms with Crippen LogP contribution in [0.2, 0.25) is 0 Å². The lowest BCUT2D eigenvalue weighted by molar-refractivity contribution is 0.627. The van der Waals surface area contributed by atoms with Gasteiger partial charge in [0.05, 0.1) is 12.2 Å². The fourth-order valence-electron chi connectivity index (χ4n) is 1.45. The van der Waals surface area contributed by atoms with Crippen molar-refractivity contribution in [1.29, 1.82) is 0 Å². The standard InChI is InChI=1S/C13H12FN2/c14-12-6-8-13(9-7-12)16(15)10-11-4-2-1-3-5-11/h1-2,4-9H,10,15H2. The van der Waals surface area contributed by atoms with E-state index in [0.717, 1.165) is 11.3 Å². The summed E-state index contributed by atoms with van der Waals surface area (Å²) in [6, 6.07) is 16.7. The van der Waals surface area contributed by atoms with E-state index in [2.05, 4.69) is 6.07 Å². The smallest absolute Gasteiger partial charge is 0.123 e. The molecule has 2 aromatic rings. The van der Waals surface area contributed by atoms with E-state index in [9.17, 15) is 4.39 Å². The van der Waals surface area contributed by atoms with E-state index in [1.165, 1.54) is 12.1 Å². The summed E-state index contributed by atoms with van der Waals surface area (Å²) in [6.45, 7) is 0.572. The van der Waals surface area contributed by atoms with Gasteiger partial charge in [0, 0.05) is 0 Å². The van der Waals surface area contributed by atoms with Crippen molar-refractivity contribution in [2.45, 2.75) is 6.54 Å². The van der Waals surface area contributed by atoms with Crippen LogP contribution in [-0.2, 0) is 6.54 Å². The molecule has 2 aromatic carbocycles. The van der Waals surface area contributed by atoms with Crippen molar-refractivity contribution in [2.75, 3.05) is 5.01 Å². The van der Waals surface area contributed by atoms with Crippen LogP contribution in [0.4, 0.5) is 10.1 Å². The van der Waals surface area contributed by atoms with Crippen molar-refractivity contribution < 1.29 is 4.39 Å². The van der Waals surface area contributed by atoms with Crippen LogP contribution in [-0.4, -0.2) is 0 Å². The maximum absolute atomic E-state index is 12.7. The normalized spacial score (nSPS) is 10.1. The Balaban J connectivity index is 2.09. The van der Waals surface area contributed by atoms with E-state index in [4.69, 9.17) is 5.84 Å². The van der Waals surface area contributed by atoms with Crippen LogP contribution in [0.3, 0.4) is 0 Å². The molecular formula is C13H12FN2. The molecule has 81 valence electrons. The number of nitrogens with zero attached hydrogens (tertiary/aromatic N) is 1. The fraction of sp³-hybridized carbons (Fsp3) is 0.0769. The second kappa shape index (κ2) is 4.77. The Morgan fingerprint density at radius 1 is 1.19 bits per heavy atom. The van der Waals surface area contributed by atoms with Gasteiger partial charge in [0.1, 0.15) is 5.82 Å². The van der Waals surface area contributed by atoms with E-state index in [-0.39, 0.29) is 5.82 Å². The molecule has 0 aromatic heterocycles. The Bertz CT molecular complexity index is 439. The number of hydrogen-bond donors (Lipinski definition) is 1. The number of benzene rings is 2. The van der Waals surface area contributed by atoms with E-state index in [1.54, 1.807) is 17.1 Å². The van der Waals surface area contributed by atoms with Crippen LogP contribution >= 0.6 is 0 Å². The number of nitrogens with two attached hydrogens (primary N) is 1. The molecule has 1 radical (unpaired) electrons. The lowest BCUT2D eigenvalue weighted by Crippen LogP contribution is -2.29. The summed E-state index contributed by atoms with van der Waals surface area (Å²) in [5.41, 5.74) is 1.85. The molecule has 0 saturated carbocycles. The molecule has 0 fully saturated rings. The summed E-state index contributed by atoms with van der Waals surface area (Å²) in [6.07, 6.45) is 0. The Labute approximate surface area is 94.1 Å². The van der Waals surface area contributed by atoms with Gasteiger partial charge in [-0.15, -0.1) is 0 Å². The molecule has 0 aliphatic heterocycles. The van der Waals surface area contributed by atoms with Crippen LogP contribution in [0.1, 0.15) is 5.56 Å². The Morgan fingerprint density at radius 2 is 1.94 bits per heavy atom. The van der Waals surface area contributed by atoms with Gasteiger partial charge in [0.2, 0.25) is 0 Å². The zero-order valence-corrected chi connectivity index (χ0v) is 8.73. The molecule has 2 rings (SSSR count). The predicted molar refractivity (Wildman–Crippen MR) is 62.0 cm³/mol. The van der Waals surface area contributed by atoms with E-state index >= 15 is 0 Å². The van der Waals surface area contributed by atoms with E-state index in [0.29, 0.717) is 6.54 Å². The number of hydrogen-bond acceptors (Lipinski definition) is 2. The van der Waals surface area contributed by atoms with Crippen LogP contribution < -0.4 is 10.9 Å². The van der Waals surface area contributed by atoms with Gasteiger partial charge < -0.3 is 5.01 Å². The second-order valence-corrected chi connectivity index (χ2v) is 3.52. The quantitative estimate of drug-likeness (QED) is 0.629. The predicted octanol–water partition coefficient (Wildman–Crippen LogP) is 2.51. The van der Waals surface area contributed by atoms with Crippen molar-refractivity contribution in [3.05, 3.63) is 66.0 Å². The maximum atomic E-state index is 12.7. The summed E-state index contributed by atoms with van der Waals surface area (Å²) >= 11 is 0. The van der Waals surface area contributed by atoms with E-state index < -0.39 is 0 Å². The SMILES string of the molecule is NN(Cc1c[c]ccc1)c1ccc(F)cc1. The molecule has 0 aliphatic rings. The topological polar surface area (TPSA) is 29.3 Å². The van der Waals surface area contributed by atoms with Crippen LogP contribution in [0, 0.1) is 11.9 Å². The third kappa shape index (κ3) is 2.58. The van der Waals surface area contributed by atoms with E-state index in [1.807, 2.05) is 24.3 Å². The lowest BCUT2D eigenvalue weighted by Gasteiger charge is -2.18. The third-order valence-electron chi connectivity index (χ3n) is 2.28. The van der Waals surface area contributed by atoms with Gasteiger partial charge in [-0.3, -0.25) is 0 Å². The highest BCUT2D eigenvalue weighted by atomic mass is 19.1. The molecule has 0 aliphatic carbocycles. The highest BCUT2D eigenvalue weighted by Crippen LogP contribution is 2.14. The lowest BCUT2D eigenvalue weighted by atomic mass is 10.2. The zero-order chi connectivity index (χ0) is 11.4. The number of rotatable bonds is 3. The molecule has 0 unspecified atom stereocenters. The van der Waals surface area contributed by atoms with Crippen molar-refractivity contribution in [3.8, 4) is 0 Å². The minimum absolute atomic E-state index is 0.259. The Kier molecular flexibility index (Phi) is 3.17. The van der Waals surface area contributed by atoms with Gasteiger partial charge in [-0.2, -0.15) is 0 Å². The Morgan fingerprint density at radius 3 is 2.56 bits per heavy atom. The third-order valence-corrected chi connectivity index (χ3v) is 2.28. The molecular weight excluding hydrogens is 203 g/mol. The molecule has 3 heteroatoms. The molecule has 2 nitrogen and oxygen atoms in total. The summed E-state index contributed by atoms with van der Waals surface area (Å²) in [5, 5.41) is 1.57. The highest BCUT2D eigenvalue weighted by molar-refractivity contribution is 5.45. The maximum Gasteiger partial charge on any atom is 0.123 e. The van der Waals surface area contributed by atoms with Gasteiger partial charge in [-0.05, 0) is 42.0 Å². The summed E-state index contributed by atoms with van der Waals surface area (Å²) in [7, 11) is 0. The van der Waals surface area contributed by atoms with Gasteiger partial charge in [0.15, 0.2) is 0 Å². The highest BCUT2D eigenvalue weighted by Gasteiger charge is 2.02. The van der Waals surface area contributed by atoms with Crippen molar-refractivity contribution >= 4 is 5.69 Å². The molecule has 0 bridgehead atoms. The minimum atomic E-state index is -0.259. The number of anilines is 1. The minimum Gasteiger partial charge on any atom is -0.307 e. The Hall–Kier alpha value is -1.87. The molecule has 0 saturated heterocycles. The monoisotopic (exact) mass is 215 g/mol. The summed E-state index contributed by atoms with van der Waals surface area (Å²) in [4.78, 5) is 0. The molecule has 2 N–H and O–H groups in total. The first kappa shape index (κ1) is 10.6. The first-order chi connectivity index (χ1) is 7.75. The summed E-state index contributed by atoms with van der Waals surface area (Å²) < 4.78 is 12.7. The van der Waals surface area contributed by atoms with Crippen LogP contribution in [0.25, 0.3) is 0 Å². The molecule has 0 spiro atoms. The summed E-state index contributed by atoms with van der Waals surface area (Å²) in [5.74, 6) is 5.62. The molecule has 16 heavy (non-hydrogen) atoms. The first-order valence-electron chi connectivity index (χ1n) is 4.98. The average Bonchev–Trinajstić information content (AvgIpc) is 2.31. The van der Waals surface area contributed by atoms with Crippen LogP contribution in [0.15, 0.2) is 48.5 Å². The number of halogens is 1. The first-order valence-corrected chi connectivity index (χ1v) is 4.98. The van der Waals surface area contributed by atoms with Crippen molar-refractivity contribution in [3.63, 3.8) is 0 Å². The van der Waals surface area contributed by atoms with Gasteiger partial charge in [-0.1, -0.05) is 18.2 Å². The second-order valence-electron chi connectivity index (χ2n) is 3.52. The van der Waals surface area contributed by atoms with Crippen molar-refractivity contribution in [1.82, 2.24) is 0 Å². The zero-order valence-electron chi connectivity index (χ0n) is 8.73. The molecule has 0 atom stereocenters. The molecule has 0 amide bonds. The fourth-order valence-corrected chi connectivity index (χ4v) is 1.45. The van der Waals surface area contributed by atoms with Crippen molar-refractivity contribution in [2.24, 2.45) is 5.84 Å². The van der Waals surface area contributed by atoms with Gasteiger partial charge >= 0.3 is 0 Å². The molecule has 0 heterocycles. The van der Waals surface area contributed by atoms with Crippen LogP contribution in [0.5, 0.6) is 0 Å². The van der Waals surface area contributed by atoms with Gasteiger partial charge in [0.25, 0.3) is 0 Å². The largest absolute Gasteiger partial charge is 0.307 e. The number of hydrazine groups is 1. The van der Waals surface area contributed by atoms with Gasteiger partial charge in [-0.25, -0.2) is 10.2 Å².